The molecule has 2 aliphatic rings. The molecular weight excluding hydrogens is 228 g/mol. The number of carbonyl (C=O) groups excluding carboxylic acids is 1. The van der Waals surface area contributed by atoms with Crippen LogP contribution in [0.4, 0.5) is 0 Å². The lowest BCUT2D eigenvalue weighted by Gasteiger charge is -2.34. The van der Waals surface area contributed by atoms with Crippen molar-refractivity contribution in [2.24, 2.45) is 0 Å². The van der Waals surface area contributed by atoms with Crippen LogP contribution in [0.1, 0.15) is 48.6 Å². The standard InChI is InChI=1S/C14H20N2O2/c17-10-12-4-1-2-8-16(12)14(18)13-5-3-9-15(13)11-6-7-11/h3,5,9,11-12,17H,1-2,4,6-8,10H2. The summed E-state index contributed by atoms with van der Waals surface area (Å²) in [5.41, 5.74) is 0.790. The van der Waals surface area contributed by atoms with E-state index in [4.69, 9.17) is 0 Å². The van der Waals surface area contributed by atoms with Crippen LogP contribution in [-0.2, 0) is 0 Å². The van der Waals surface area contributed by atoms with Crippen LogP contribution < -0.4 is 0 Å². The van der Waals surface area contributed by atoms with Crippen molar-refractivity contribution in [3.8, 4) is 0 Å². The van der Waals surface area contributed by atoms with Gasteiger partial charge < -0.3 is 14.6 Å². The van der Waals surface area contributed by atoms with Crippen molar-refractivity contribution in [2.45, 2.75) is 44.2 Å². The molecule has 4 nitrogen and oxygen atoms in total. The van der Waals surface area contributed by atoms with Gasteiger partial charge >= 0.3 is 0 Å². The largest absolute Gasteiger partial charge is 0.394 e. The monoisotopic (exact) mass is 248 g/mol. The number of hydrogen-bond donors (Lipinski definition) is 1. The van der Waals surface area contributed by atoms with E-state index in [-0.39, 0.29) is 18.6 Å². The topological polar surface area (TPSA) is 45.5 Å². The van der Waals surface area contributed by atoms with Crippen LogP contribution in [0.5, 0.6) is 0 Å². The summed E-state index contributed by atoms with van der Waals surface area (Å²) < 4.78 is 2.10. The Labute approximate surface area is 107 Å². The number of likely N-dealkylation sites (tertiary alicyclic amines) is 1. The van der Waals surface area contributed by atoms with Gasteiger partial charge in [0.1, 0.15) is 5.69 Å². The minimum absolute atomic E-state index is 0.00815. The highest BCUT2D eigenvalue weighted by Crippen LogP contribution is 2.36. The number of amides is 1. The summed E-state index contributed by atoms with van der Waals surface area (Å²) in [6, 6.07) is 4.39. The molecule has 1 atom stereocenters. The normalized spacial score (nSPS) is 24.3. The van der Waals surface area contributed by atoms with E-state index in [0.29, 0.717) is 6.04 Å². The molecule has 0 aromatic carbocycles. The van der Waals surface area contributed by atoms with Crippen LogP contribution in [0.2, 0.25) is 0 Å². The quantitative estimate of drug-likeness (QED) is 0.886. The highest BCUT2D eigenvalue weighted by molar-refractivity contribution is 5.93. The predicted octanol–water partition coefficient (Wildman–Crippen LogP) is 1.81. The van der Waals surface area contributed by atoms with Gasteiger partial charge in [-0.3, -0.25) is 4.79 Å². The molecule has 2 heterocycles. The first-order valence-electron chi connectivity index (χ1n) is 6.90. The highest BCUT2D eigenvalue weighted by Gasteiger charge is 2.31. The summed E-state index contributed by atoms with van der Waals surface area (Å²) in [6.07, 6.45) is 7.44. The van der Waals surface area contributed by atoms with Crippen LogP contribution in [0, 0.1) is 0 Å². The van der Waals surface area contributed by atoms with E-state index in [1.165, 1.54) is 12.8 Å². The summed E-state index contributed by atoms with van der Waals surface area (Å²) in [5.74, 6) is 0.0886. The first-order valence-corrected chi connectivity index (χ1v) is 6.90. The number of piperidine rings is 1. The molecule has 0 radical (unpaired) electrons. The van der Waals surface area contributed by atoms with E-state index < -0.39 is 0 Å². The molecule has 98 valence electrons. The Morgan fingerprint density at radius 3 is 2.89 bits per heavy atom. The summed E-state index contributed by atoms with van der Waals surface area (Å²) >= 11 is 0. The molecule has 1 saturated carbocycles. The predicted molar refractivity (Wildman–Crippen MR) is 68.5 cm³/mol. The first-order chi connectivity index (χ1) is 8.81. The smallest absolute Gasteiger partial charge is 0.270 e. The van der Waals surface area contributed by atoms with Gasteiger partial charge in [-0.15, -0.1) is 0 Å². The Morgan fingerprint density at radius 1 is 1.33 bits per heavy atom. The second-order valence-corrected chi connectivity index (χ2v) is 5.36. The molecule has 18 heavy (non-hydrogen) atoms. The molecule has 1 N–H and O–H groups in total. The van der Waals surface area contributed by atoms with Crippen LogP contribution in [-0.4, -0.2) is 39.7 Å². The second kappa shape index (κ2) is 4.76. The van der Waals surface area contributed by atoms with Gasteiger partial charge in [0.05, 0.1) is 12.6 Å². The van der Waals surface area contributed by atoms with Gasteiger partial charge in [0.15, 0.2) is 0 Å². The maximum atomic E-state index is 12.6. The summed E-state index contributed by atoms with van der Waals surface area (Å²) in [4.78, 5) is 14.4. The maximum Gasteiger partial charge on any atom is 0.270 e. The Morgan fingerprint density at radius 2 is 2.17 bits per heavy atom. The second-order valence-electron chi connectivity index (χ2n) is 5.36. The number of rotatable bonds is 3. The molecule has 1 aliphatic heterocycles. The van der Waals surface area contributed by atoms with E-state index in [1.807, 2.05) is 23.2 Å². The first kappa shape index (κ1) is 11.8. The minimum atomic E-state index is 0.00815. The Hall–Kier alpha value is -1.29. The third-order valence-corrected chi connectivity index (χ3v) is 4.04. The molecule has 1 aromatic rings. The van der Waals surface area contributed by atoms with E-state index >= 15 is 0 Å². The zero-order chi connectivity index (χ0) is 12.5. The third kappa shape index (κ3) is 2.05. The van der Waals surface area contributed by atoms with Crippen molar-refractivity contribution in [1.82, 2.24) is 9.47 Å². The molecule has 2 fully saturated rings. The molecule has 1 unspecified atom stereocenters. The number of aliphatic hydroxyl groups excluding tert-OH is 1. The Kier molecular flexibility index (Phi) is 3.12. The Bertz CT molecular complexity index is 437. The molecular formula is C14H20N2O2. The van der Waals surface area contributed by atoms with E-state index in [1.54, 1.807) is 0 Å². The van der Waals surface area contributed by atoms with Crippen molar-refractivity contribution < 1.29 is 9.90 Å². The number of aromatic nitrogens is 1. The molecule has 1 amide bonds. The lowest BCUT2D eigenvalue weighted by molar-refractivity contribution is 0.0492. The van der Waals surface area contributed by atoms with Crippen LogP contribution in [0.15, 0.2) is 18.3 Å². The van der Waals surface area contributed by atoms with Gasteiger partial charge in [-0.25, -0.2) is 0 Å². The van der Waals surface area contributed by atoms with Gasteiger partial charge in [0.25, 0.3) is 5.91 Å². The van der Waals surface area contributed by atoms with Gasteiger partial charge in [0.2, 0.25) is 0 Å². The van der Waals surface area contributed by atoms with Crippen LogP contribution >= 0.6 is 0 Å². The fourth-order valence-electron chi connectivity index (χ4n) is 2.85. The molecule has 3 rings (SSSR count). The van der Waals surface area contributed by atoms with Crippen molar-refractivity contribution in [2.75, 3.05) is 13.2 Å². The van der Waals surface area contributed by atoms with Crippen molar-refractivity contribution in [3.63, 3.8) is 0 Å². The molecule has 1 saturated heterocycles. The average Bonchev–Trinajstić information content (AvgIpc) is 3.15. The average molecular weight is 248 g/mol. The number of carbonyl (C=O) groups is 1. The lowest BCUT2D eigenvalue weighted by Crippen LogP contribution is -2.46. The fraction of sp³-hybridized carbons (Fsp3) is 0.643. The summed E-state index contributed by atoms with van der Waals surface area (Å²) in [6.45, 7) is 0.857. The van der Waals surface area contributed by atoms with Crippen molar-refractivity contribution in [1.29, 1.82) is 0 Å². The Balaban J connectivity index is 1.81. The summed E-state index contributed by atoms with van der Waals surface area (Å²) in [5, 5.41) is 9.40. The SMILES string of the molecule is O=C(c1cccn1C1CC1)N1CCCCC1CO. The zero-order valence-corrected chi connectivity index (χ0v) is 10.6. The summed E-state index contributed by atoms with van der Waals surface area (Å²) in [7, 11) is 0. The van der Waals surface area contributed by atoms with E-state index in [9.17, 15) is 9.90 Å². The number of aliphatic hydroxyl groups is 1. The zero-order valence-electron chi connectivity index (χ0n) is 10.6. The number of hydrogen-bond acceptors (Lipinski definition) is 2. The van der Waals surface area contributed by atoms with Gasteiger partial charge in [-0.2, -0.15) is 0 Å². The number of nitrogens with zero attached hydrogens (tertiary/aromatic N) is 2. The fourth-order valence-corrected chi connectivity index (χ4v) is 2.85. The van der Waals surface area contributed by atoms with E-state index in [0.717, 1.165) is 31.5 Å². The molecule has 1 aromatic heterocycles. The molecule has 0 bridgehead atoms. The molecule has 4 heteroatoms. The molecule has 1 aliphatic carbocycles. The van der Waals surface area contributed by atoms with Crippen molar-refractivity contribution >= 4 is 5.91 Å². The van der Waals surface area contributed by atoms with Crippen LogP contribution in [0.3, 0.4) is 0 Å². The lowest BCUT2D eigenvalue weighted by atomic mass is 10.0. The van der Waals surface area contributed by atoms with E-state index in [2.05, 4.69) is 4.57 Å². The van der Waals surface area contributed by atoms with Gasteiger partial charge in [-0.1, -0.05) is 0 Å². The maximum absolute atomic E-state index is 12.6. The third-order valence-electron chi connectivity index (χ3n) is 4.04. The molecule has 0 spiro atoms. The minimum Gasteiger partial charge on any atom is -0.394 e. The van der Waals surface area contributed by atoms with Gasteiger partial charge in [0, 0.05) is 18.8 Å². The van der Waals surface area contributed by atoms with Crippen LogP contribution in [0.25, 0.3) is 0 Å². The van der Waals surface area contributed by atoms with Crippen molar-refractivity contribution in [3.05, 3.63) is 24.0 Å². The van der Waals surface area contributed by atoms with Gasteiger partial charge in [-0.05, 0) is 44.2 Å². The highest BCUT2D eigenvalue weighted by atomic mass is 16.3.